The number of nitrogens with zero attached hydrogens (tertiary/aromatic N) is 2. The molecular formula is C9H7ClF2N2O4. The first-order valence-corrected chi connectivity index (χ1v) is 5.06. The van der Waals surface area contributed by atoms with Crippen molar-refractivity contribution in [3.63, 3.8) is 0 Å². The molecule has 0 atom stereocenters. The highest BCUT2D eigenvalue weighted by Crippen LogP contribution is 2.33. The highest BCUT2D eigenvalue weighted by atomic mass is 35.5. The van der Waals surface area contributed by atoms with Crippen LogP contribution in [0.4, 0.5) is 14.5 Å². The molecule has 0 aliphatic carbocycles. The zero-order valence-corrected chi connectivity index (χ0v) is 9.78. The van der Waals surface area contributed by atoms with Crippen LogP contribution in [0.2, 0.25) is 5.02 Å². The average molecular weight is 281 g/mol. The lowest BCUT2D eigenvalue weighted by molar-refractivity contribution is -0.385. The molecule has 18 heavy (non-hydrogen) atoms. The Labute approximate surface area is 105 Å². The van der Waals surface area contributed by atoms with Gasteiger partial charge >= 0.3 is 11.7 Å². The van der Waals surface area contributed by atoms with E-state index in [1.807, 2.05) is 0 Å². The fourth-order valence-corrected chi connectivity index (χ4v) is 1.47. The van der Waals surface area contributed by atoms with Crippen LogP contribution in [0.5, 0.6) is 0 Å². The molecule has 0 unspecified atom stereocenters. The molecule has 0 aromatic carbocycles. The van der Waals surface area contributed by atoms with Gasteiger partial charge in [-0.1, -0.05) is 11.6 Å². The highest BCUT2D eigenvalue weighted by Gasteiger charge is 2.30. The molecule has 0 spiro atoms. The predicted molar refractivity (Wildman–Crippen MR) is 56.8 cm³/mol. The van der Waals surface area contributed by atoms with E-state index in [1.54, 1.807) is 0 Å². The largest absolute Gasteiger partial charge is 0.462 e. The molecule has 0 bridgehead atoms. The number of pyridine rings is 1. The summed E-state index contributed by atoms with van der Waals surface area (Å²) in [5.74, 6) is -1.17. The summed E-state index contributed by atoms with van der Waals surface area (Å²) in [5.41, 5.74) is -2.45. The van der Waals surface area contributed by atoms with Crippen LogP contribution in [0.3, 0.4) is 0 Å². The van der Waals surface area contributed by atoms with Crippen LogP contribution in [-0.4, -0.2) is 22.5 Å². The lowest BCUT2D eigenvalue weighted by Gasteiger charge is -2.08. The molecule has 0 aliphatic rings. The number of carbonyl (C=O) groups is 1. The predicted octanol–water partition coefficient (Wildman–Crippen LogP) is 2.76. The van der Waals surface area contributed by atoms with E-state index in [1.165, 1.54) is 6.92 Å². The van der Waals surface area contributed by atoms with Crippen molar-refractivity contribution in [3.05, 3.63) is 32.6 Å². The molecule has 0 saturated heterocycles. The van der Waals surface area contributed by atoms with Crippen LogP contribution in [0, 0.1) is 10.1 Å². The standard InChI is InChI=1S/C9H7ClF2N2O4/c1-2-18-9(15)5-6(10)4(14(16)17)3-13-7(5)8(11)12/h3,8H,2H2,1H3. The van der Waals surface area contributed by atoms with Gasteiger partial charge in [0.05, 0.1) is 11.5 Å². The number of nitro groups is 1. The summed E-state index contributed by atoms with van der Waals surface area (Å²) in [7, 11) is 0. The van der Waals surface area contributed by atoms with Crippen LogP contribution in [-0.2, 0) is 4.74 Å². The van der Waals surface area contributed by atoms with Crippen molar-refractivity contribution < 1.29 is 23.2 Å². The van der Waals surface area contributed by atoms with Crippen molar-refractivity contribution in [1.82, 2.24) is 4.98 Å². The van der Waals surface area contributed by atoms with E-state index < -0.39 is 39.3 Å². The van der Waals surface area contributed by atoms with E-state index in [0.29, 0.717) is 6.20 Å². The van der Waals surface area contributed by atoms with Gasteiger partial charge in [0.25, 0.3) is 6.43 Å². The van der Waals surface area contributed by atoms with E-state index in [-0.39, 0.29) is 6.61 Å². The Balaban J connectivity index is 3.45. The van der Waals surface area contributed by atoms with Gasteiger partial charge in [0.1, 0.15) is 22.5 Å². The Kier molecular flexibility index (Phi) is 4.49. The molecule has 0 amide bonds. The number of ether oxygens (including phenoxy) is 1. The molecule has 1 rings (SSSR count). The summed E-state index contributed by atoms with van der Waals surface area (Å²) in [5, 5.41) is 9.87. The molecule has 6 nitrogen and oxygen atoms in total. The second-order valence-electron chi connectivity index (χ2n) is 3.00. The van der Waals surface area contributed by atoms with Gasteiger partial charge in [-0.05, 0) is 6.92 Å². The Morgan fingerprint density at radius 2 is 2.28 bits per heavy atom. The van der Waals surface area contributed by atoms with Crippen molar-refractivity contribution in [2.75, 3.05) is 6.61 Å². The minimum atomic E-state index is -3.09. The molecule has 98 valence electrons. The maximum Gasteiger partial charge on any atom is 0.342 e. The number of hydrogen-bond donors (Lipinski definition) is 0. The zero-order chi connectivity index (χ0) is 13.9. The second-order valence-corrected chi connectivity index (χ2v) is 3.37. The van der Waals surface area contributed by atoms with Gasteiger partial charge in [0.2, 0.25) is 0 Å². The van der Waals surface area contributed by atoms with E-state index in [9.17, 15) is 23.7 Å². The summed E-state index contributed by atoms with van der Waals surface area (Å²) in [6, 6.07) is 0. The van der Waals surface area contributed by atoms with Crippen molar-refractivity contribution in [3.8, 4) is 0 Å². The number of hydrogen-bond acceptors (Lipinski definition) is 5. The topological polar surface area (TPSA) is 82.3 Å². The van der Waals surface area contributed by atoms with Crippen LogP contribution >= 0.6 is 11.6 Å². The Morgan fingerprint density at radius 3 is 2.72 bits per heavy atom. The molecular weight excluding hydrogens is 274 g/mol. The molecule has 0 radical (unpaired) electrons. The lowest BCUT2D eigenvalue weighted by Crippen LogP contribution is -2.12. The molecule has 0 fully saturated rings. The molecule has 0 aliphatic heterocycles. The highest BCUT2D eigenvalue weighted by molar-refractivity contribution is 6.35. The minimum absolute atomic E-state index is 0.0828. The van der Waals surface area contributed by atoms with E-state index >= 15 is 0 Å². The maximum absolute atomic E-state index is 12.6. The fraction of sp³-hybridized carbons (Fsp3) is 0.333. The van der Waals surface area contributed by atoms with Crippen LogP contribution in [0.15, 0.2) is 6.20 Å². The second kappa shape index (κ2) is 5.67. The summed E-state index contributed by atoms with van der Waals surface area (Å²) in [4.78, 5) is 24.3. The average Bonchev–Trinajstić information content (AvgIpc) is 2.27. The summed E-state index contributed by atoms with van der Waals surface area (Å²) < 4.78 is 29.8. The van der Waals surface area contributed by atoms with E-state index in [4.69, 9.17) is 11.6 Å². The Hall–Kier alpha value is -1.83. The molecule has 9 heteroatoms. The van der Waals surface area contributed by atoms with Gasteiger partial charge in [-0.25, -0.2) is 18.6 Å². The third-order valence-electron chi connectivity index (χ3n) is 1.91. The number of aromatic nitrogens is 1. The third kappa shape index (κ3) is 2.70. The Morgan fingerprint density at radius 1 is 1.67 bits per heavy atom. The van der Waals surface area contributed by atoms with E-state index in [0.717, 1.165) is 0 Å². The van der Waals surface area contributed by atoms with Crippen molar-refractivity contribution in [2.24, 2.45) is 0 Å². The van der Waals surface area contributed by atoms with Gasteiger partial charge in [-0.3, -0.25) is 10.1 Å². The third-order valence-corrected chi connectivity index (χ3v) is 2.29. The zero-order valence-electron chi connectivity index (χ0n) is 9.02. The van der Waals surface area contributed by atoms with Gasteiger partial charge in [-0.2, -0.15) is 0 Å². The monoisotopic (exact) mass is 280 g/mol. The quantitative estimate of drug-likeness (QED) is 0.481. The first kappa shape index (κ1) is 14.2. The molecule has 1 heterocycles. The van der Waals surface area contributed by atoms with Crippen LogP contribution < -0.4 is 0 Å². The SMILES string of the molecule is CCOC(=O)c1c(C(F)F)ncc([N+](=O)[O-])c1Cl. The van der Waals surface area contributed by atoms with Crippen molar-refractivity contribution in [1.29, 1.82) is 0 Å². The van der Waals surface area contributed by atoms with Crippen LogP contribution in [0.25, 0.3) is 0 Å². The van der Waals surface area contributed by atoms with Crippen LogP contribution in [0.1, 0.15) is 29.4 Å². The summed E-state index contributed by atoms with van der Waals surface area (Å²) >= 11 is 5.57. The van der Waals surface area contributed by atoms with E-state index in [2.05, 4.69) is 9.72 Å². The maximum atomic E-state index is 12.6. The Bertz CT molecular complexity index is 496. The first-order chi connectivity index (χ1) is 8.40. The van der Waals surface area contributed by atoms with Gasteiger partial charge < -0.3 is 4.74 Å². The molecule has 1 aromatic rings. The lowest BCUT2D eigenvalue weighted by atomic mass is 10.2. The molecule has 0 saturated carbocycles. The molecule has 1 aromatic heterocycles. The first-order valence-electron chi connectivity index (χ1n) is 4.68. The number of halogens is 3. The van der Waals surface area contributed by atoms with Crippen molar-refractivity contribution >= 4 is 23.3 Å². The van der Waals surface area contributed by atoms with Gasteiger partial charge in [-0.15, -0.1) is 0 Å². The number of alkyl halides is 2. The number of rotatable bonds is 4. The summed E-state index contributed by atoms with van der Waals surface area (Å²) in [6.45, 7) is 1.37. The fourth-order valence-electron chi connectivity index (χ4n) is 1.18. The number of esters is 1. The smallest absolute Gasteiger partial charge is 0.342 e. The summed E-state index contributed by atoms with van der Waals surface area (Å²) in [6.07, 6.45) is -2.52. The van der Waals surface area contributed by atoms with Crippen molar-refractivity contribution in [2.45, 2.75) is 13.3 Å². The minimum Gasteiger partial charge on any atom is -0.462 e. The number of carbonyl (C=O) groups excluding carboxylic acids is 1. The normalized spacial score (nSPS) is 10.5. The van der Waals surface area contributed by atoms with Gasteiger partial charge in [0.15, 0.2) is 0 Å². The molecule has 0 N–H and O–H groups in total. The van der Waals surface area contributed by atoms with Gasteiger partial charge in [0, 0.05) is 0 Å².